The maximum atomic E-state index is 12.3. The van der Waals surface area contributed by atoms with E-state index in [2.05, 4.69) is 15.9 Å². The minimum absolute atomic E-state index is 0.294. The molecule has 0 unspecified atom stereocenters. The Balaban J connectivity index is 1.82. The molecule has 1 aliphatic heterocycles. The Labute approximate surface area is 189 Å². The molecule has 0 spiro atoms. The summed E-state index contributed by atoms with van der Waals surface area (Å²) in [6, 6.07) is 21.0. The van der Waals surface area contributed by atoms with Crippen LogP contribution in [0.3, 0.4) is 0 Å². The van der Waals surface area contributed by atoms with Gasteiger partial charge in [0.15, 0.2) is 11.2 Å². The lowest BCUT2D eigenvalue weighted by atomic mass is 9.71. The van der Waals surface area contributed by atoms with Gasteiger partial charge in [0.2, 0.25) is 0 Å². The van der Waals surface area contributed by atoms with Gasteiger partial charge in [-0.05, 0) is 29.7 Å². The maximum absolute atomic E-state index is 12.3. The number of aliphatic hydroxyl groups is 2. The fourth-order valence-electron chi connectivity index (χ4n) is 5.28. The van der Waals surface area contributed by atoms with Crippen LogP contribution in [0.25, 0.3) is 0 Å². The molecule has 1 fully saturated rings. The van der Waals surface area contributed by atoms with Crippen molar-refractivity contribution in [3.63, 3.8) is 0 Å². The van der Waals surface area contributed by atoms with Crippen molar-refractivity contribution in [3.8, 4) is 17.2 Å². The van der Waals surface area contributed by atoms with Crippen molar-refractivity contribution in [2.24, 2.45) is 0 Å². The van der Waals surface area contributed by atoms with Crippen molar-refractivity contribution >= 4 is 15.9 Å². The fourth-order valence-corrected chi connectivity index (χ4v) is 5.55. The van der Waals surface area contributed by atoms with E-state index in [1.807, 2.05) is 54.6 Å². The largest absolute Gasteiger partial charge is 0.496 e. The van der Waals surface area contributed by atoms with Gasteiger partial charge >= 0.3 is 0 Å². The van der Waals surface area contributed by atoms with Crippen LogP contribution >= 0.6 is 15.9 Å². The summed E-state index contributed by atoms with van der Waals surface area (Å²) >= 11 is 3.49. The predicted octanol–water partition coefficient (Wildman–Crippen LogP) is 4.49. The van der Waals surface area contributed by atoms with Gasteiger partial charge in [-0.3, -0.25) is 0 Å². The smallest absolute Gasteiger partial charge is 0.176 e. The lowest BCUT2D eigenvalue weighted by Crippen LogP contribution is -2.52. The van der Waals surface area contributed by atoms with E-state index in [-0.39, 0.29) is 5.92 Å². The molecule has 3 aromatic rings. The number of benzene rings is 3. The third-order valence-corrected chi connectivity index (χ3v) is 7.15. The maximum Gasteiger partial charge on any atom is 0.176 e. The number of fused-ring (bicyclic) bond motifs is 3. The summed E-state index contributed by atoms with van der Waals surface area (Å²) in [6.07, 6.45) is -0.726. The van der Waals surface area contributed by atoms with Gasteiger partial charge in [0, 0.05) is 22.5 Å². The number of hydrogen-bond donors (Lipinski definition) is 2. The summed E-state index contributed by atoms with van der Waals surface area (Å²) in [5, 5.41) is 23.7. The normalized spacial score (nSPS) is 28.5. The molecule has 0 saturated heterocycles. The first kappa shape index (κ1) is 20.4. The van der Waals surface area contributed by atoms with Crippen molar-refractivity contribution in [2.45, 2.75) is 29.6 Å². The van der Waals surface area contributed by atoms with Crippen LogP contribution < -0.4 is 14.2 Å². The Hall–Kier alpha value is -2.54. The third kappa shape index (κ3) is 2.68. The molecule has 31 heavy (non-hydrogen) atoms. The van der Waals surface area contributed by atoms with Gasteiger partial charge in [-0.2, -0.15) is 0 Å². The second kappa shape index (κ2) is 7.26. The quantitative estimate of drug-likeness (QED) is 0.573. The van der Waals surface area contributed by atoms with Gasteiger partial charge in [-0.1, -0.05) is 58.4 Å². The predicted molar refractivity (Wildman–Crippen MR) is 120 cm³/mol. The van der Waals surface area contributed by atoms with Crippen LogP contribution in [0.15, 0.2) is 71.2 Å². The van der Waals surface area contributed by atoms with Gasteiger partial charge in [0.1, 0.15) is 17.2 Å². The van der Waals surface area contributed by atoms with Gasteiger partial charge in [-0.15, -0.1) is 0 Å². The van der Waals surface area contributed by atoms with E-state index < -0.39 is 17.3 Å². The van der Waals surface area contributed by atoms with Crippen LogP contribution in [0.5, 0.6) is 17.2 Å². The molecule has 0 amide bonds. The molecule has 0 bridgehead atoms. The van der Waals surface area contributed by atoms with Crippen molar-refractivity contribution in [2.75, 3.05) is 14.2 Å². The van der Waals surface area contributed by atoms with Crippen LogP contribution in [0, 0.1) is 0 Å². The lowest BCUT2D eigenvalue weighted by molar-refractivity contribution is -0.149. The molecular formula is C25H23BrO5. The van der Waals surface area contributed by atoms with Crippen LogP contribution in [-0.4, -0.2) is 30.5 Å². The molecule has 2 N–H and O–H groups in total. The van der Waals surface area contributed by atoms with Gasteiger partial charge in [-0.25, -0.2) is 0 Å². The minimum Gasteiger partial charge on any atom is -0.496 e. The molecule has 4 atom stereocenters. The summed E-state index contributed by atoms with van der Waals surface area (Å²) < 4.78 is 18.6. The molecule has 5 nitrogen and oxygen atoms in total. The van der Waals surface area contributed by atoms with E-state index in [1.54, 1.807) is 19.2 Å². The highest BCUT2D eigenvalue weighted by Gasteiger charge is 2.73. The van der Waals surface area contributed by atoms with Crippen LogP contribution in [0.4, 0.5) is 0 Å². The summed E-state index contributed by atoms with van der Waals surface area (Å²) in [4.78, 5) is 0. The zero-order chi connectivity index (χ0) is 21.8. The van der Waals surface area contributed by atoms with Gasteiger partial charge < -0.3 is 24.4 Å². The zero-order valence-electron chi connectivity index (χ0n) is 17.2. The van der Waals surface area contributed by atoms with Crippen LogP contribution in [0.1, 0.15) is 29.0 Å². The van der Waals surface area contributed by atoms with Crippen molar-refractivity contribution in [1.29, 1.82) is 0 Å². The molecule has 1 heterocycles. The summed E-state index contributed by atoms with van der Waals surface area (Å²) in [5.41, 5.74) is -0.741. The molecule has 160 valence electrons. The Kier molecular flexibility index (Phi) is 4.77. The van der Waals surface area contributed by atoms with E-state index in [4.69, 9.17) is 14.2 Å². The minimum atomic E-state index is -1.71. The number of methoxy groups -OCH3 is 2. The number of hydrogen-bond acceptors (Lipinski definition) is 5. The molecule has 1 saturated carbocycles. The van der Waals surface area contributed by atoms with Crippen LogP contribution in [0.2, 0.25) is 0 Å². The lowest BCUT2D eigenvalue weighted by Gasteiger charge is -2.40. The van der Waals surface area contributed by atoms with E-state index in [9.17, 15) is 10.2 Å². The second-order valence-corrected chi connectivity index (χ2v) is 8.94. The first-order valence-corrected chi connectivity index (χ1v) is 10.9. The van der Waals surface area contributed by atoms with Crippen molar-refractivity contribution < 1.29 is 24.4 Å². The summed E-state index contributed by atoms with van der Waals surface area (Å²) in [7, 11) is 3.10. The zero-order valence-corrected chi connectivity index (χ0v) is 18.8. The SMILES string of the molecule is COc1cc(OC)c2c(c1)O[C@@]1(c3ccc(Br)cc3)[C@H](c3ccccc3)C[C@@H](O)[C@@]21O. The average Bonchev–Trinajstić information content (AvgIpc) is 3.19. The number of halogens is 1. The van der Waals surface area contributed by atoms with E-state index in [1.165, 1.54) is 7.11 Å². The highest BCUT2D eigenvalue weighted by molar-refractivity contribution is 9.10. The number of ether oxygens (including phenoxy) is 3. The average molecular weight is 483 g/mol. The molecule has 1 aliphatic carbocycles. The fraction of sp³-hybridized carbons (Fsp3) is 0.280. The highest BCUT2D eigenvalue weighted by Crippen LogP contribution is 2.68. The first-order chi connectivity index (χ1) is 15.0. The Bertz CT molecular complexity index is 1120. The van der Waals surface area contributed by atoms with E-state index >= 15 is 0 Å². The number of rotatable bonds is 4. The standard InChI is InChI=1S/C25H23BrO5/c1-29-18-12-20(30-2)23-21(13-18)31-25(16-8-10-17(26)11-9-16)19(14-22(27)24(23,25)28)15-6-4-3-5-7-15/h3-13,19,22,27-28H,14H2,1-2H3/t19-,22+,24+,25-/m0/s1. The molecule has 2 aliphatic rings. The van der Waals surface area contributed by atoms with E-state index in [0.717, 1.165) is 15.6 Å². The molecule has 0 aromatic heterocycles. The third-order valence-electron chi connectivity index (χ3n) is 6.62. The van der Waals surface area contributed by atoms with Crippen molar-refractivity contribution in [1.82, 2.24) is 0 Å². The van der Waals surface area contributed by atoms with E-state index in [0.29, 0.717) is 29.2 Å². The molecule has 5 rings (SSSR count). The topological polar surface area (TPSA) is 68.2 Å². The Morgan fingerprint density at radius 2 is 1.71 bits per heavy atom. The number of aliphatic hydroxyl groups excluding tert-OH is 1. The van der Waals surface area contributed by atoms with Crippen LogP contribution in [-0.2, 0) is 11.2 Å². The second-order valence-electron chi connectivity index (χ2n) is 8.03. The molecule has 0 radical (unpaired) electrons. The Morgan fingerprint density at radius 3 is 2.35 bits per heavy atom. The van der Waals surface area contributed by atoms with Gasteiger partial charge in [0.25, 0.3) is 0 Å². The van der Waals surface area contributed by atoms with Crippen molar-refractivity contribution in [3.05, 3.63) is 87.9 Å². The monoisotopic (exact) mass is 482 g/mol. The highest BCUT2D eigenvalue weighted by atomic mass is 79.9. The Morgan fingerprint density at radius 1 is 1.00 bits per heavy atom. The summed E-state index contributed by atoms with van der Waals surface area (Å²) in [5.74, 6) is 1.12. The molecule has 6 heteroatoms. The van der Waals surface area contributed by atoms with Gasteiger partial charge in [0.05, 0.1) is 25.9 Å². The molecule has 3 aromatic carbocycles. The molecular weight excluding hydrogens is 460 g/mol. The first-order valence-electron chi connectivity index (χ1n) is 10.1. The summed E-state index contributed by atoms with van der Waals surface area (Å²) in [6.45, 7) is 0.